The third-order valence-corrected chi connectivity index (χ3v) is 4.75. The van der Waals surface area contributed by atoms with E-state index in [1.54, 1.807) is 31.2 Å². The smallest absolute Gasteiger partial charge is 0.251 e. The Morgan fingerprint density at radius 1 is 1.16 bits per heavy atom. The first-order chi connectivity index (χ1) is 11.7. The first-order valence-corrected chi connectivity index (χ1v) is 9.31. The van der Waals surface area contributed by atoms with Crippen molar-refractivity contribution in [1.29, 1.82) is 0 Å². The molecule has 8 heteroatoms. The fourth-order valence-corrected chi connectivity index (χ4v) is 3.27. The fraction of sp³-hybridized carbons (Fsp3) is 0.235. The lowest BCUT2D eigenvalue weighted by atomic mass is 10.1. The van der Waals surface area contributed by atoms with Gasteiger partial charge in [0.1, 0.15) is 11.6 Å². The number of carbonyl (C=O) groups excluding carboxylic acids is 1. The minimum atomic E-state index is -3.80. The van der Waals surface area contributed by atoms with Gasteiger partial charge in [-0.25, -0.2) is 17.2 Å². The number of nitrogens with one attached hydrogen (secondary N) is 1. The lowest BCUT2D eigenvalue weighted by molar-refractivity contribution is 0.0954. The summed E-state index contributed by atoms with van der Waals surface area (Å²) in [6.07, 6.45) is 0.916. The molecule has 2 aromatic rings. The third-order valence-electron chi connectivity index (χ3n) is 3.57. The van der Waals surface area contributed by atoms with Gasteiger partial charge in [0.2, 0.25) is 10.0 Å². The summed E-state index contributed by atoms with van der Waals surface area (Å²) in [4.78, 5) is 12.1. The van der Waals surface area contributed by atoms with Crippen molar-refractivity contribution >= 4 is 21.6 Å². The summed E-state index contributed by atoms with van der Waals surface area (Å²) in [5.74, 6) is -2.15. The SMILES string of the molecule is Cc1ccccc1C(=O)NCCN(c1ccc(F)cc1F)S(C)(=O)=O. The Morgan fingerprint density at radius 2 is 1.84 bits per heavy atom. The van der Waals surface area contributed by atoms with Crippen molar-refractivity contribution < 1.29 is 22.0 Å². The van der Waals surface area contributed by atoms with E-state index in [2.05, 4.69) is 5.32 Å². The number of hydrogen-bond acceptors (Lipinski definition) is 3. The van der Waals surface area contributed by atoms with E-state index in [-0.39, 0.29) is 24.7 Å². The van der Waals surface area contributed by atoms with Gasteiger partial charge in [-0.15, -0.1) is 0 Å². The maximum absolute atomic E-state index is 13.9. The zero-order chi connectivity index (χ0) is 18.6. The van der Waals surface area contributed by atoms with Crippen molar-refractivity contribution in [3.8, 4) is 0 Å². The van der Waals surface area contributed by atoms with Crippen molar-refractivity contribution in [1.82, 2.24) is 5.32 Å². The van der Waals surface area contributed by atoms with Gasteiger partial charge in [0, 0.05) is 18.2 Å². The summed E-state index contributed by atoms with van der Waals surface area (Å²) in [5, 5.41) is 2.60. The minimum absolute atomic E-state index is 0.0307. The van der Waals surface area contributed by atoms with Gasteiger partial charge in [0.05, 0.1) is 18.5 Å². The van der Waals surface area contributed by atoms with Gasteiger partial charge in [0.25, 0.3) is 5.91 Å². The van der Waals surface area contributed by atoms with Gasteiger partial charge in [0.15, 0.2) is 0 Å². The second kappa shape index (κ2) is 7.60. The van der Waals surface area contributed by atoms with Crippen LogP contribution in [0, 0.1) is 18.6 Å². The summed E-state index contributed by atoms with van der Waals surface area (Å²) in [5.41, 5.74) is 0.986. The predicted octanol–water partition coefficient (Wildman–Crippen LogP) is 2.47. The van der Waals surface area contributed by atoms with E-state index in [1.165, 1.54) is 0 Å². The predicted molar refractivity (Wildman–Crippen MR) is 92.1 cm³/mol. The molecule has 0 aromatic heterocycles. The number of amides is 1. The van der Waals surface area contributed by atoms with Crippen LogP contribution in [0.5, 0.6) is 0 Å². The van der Waals surface area contributed by atoms with Crippen LogP contribution < -0.4 is 9.62 Å². The molecule has 0 atom stereocenters. The molecule has 2 aromatic carbocycles. The highest BCUT2D eigenvalue weighted by atomic mass is 32.2. The van der Waals surface area contributed by atoms with Crippen LogP contribution in [0.2, 0.25) is 0 Å². The monoisotopic (exact) mass is 368 g/mol. The Balaban J connectivity index is 2.12. The van der Waals surface area contributed by atoms with Crippen LogP contribution in [-0.4, -0.2) is 33.7 Å². The number of carbonyl (C=O) groups is 1. The van der Waals surface area contributed by atoms with E-state index in [4.69, 9.17) is 0 Å². The normalized spacial score (nSPS) is 11.2. The van der Waals surface area contributed by atoms with Crippen LogP contribution in [0.3, 0.4) is 0 Å². The van der Waals surface area contributed by atoms with Gasteiger partial charge in [-0.1, -0.05) is 18.2 Å². The van der Waals surface area contributed by atoms with Gasteiger partial charge < -0.3 is 5.32 Å². The van der Waals surface area contributed by atoms with Gasteiger partial charge in [-0.3, -0.25) is 9.10 Å². The van der Waals surface area contributed by atoms with Crippen LogP contribution in [0.15, 0.2) is 42.5 Å². The number of hydrogen-bond donors (Lipinski definition) is 1. The molecule has 134 valence electrons. The Labute approximate surface area is 145 Å². The maximum Gasteiger partial charge on any atom is 0.251 e. The van der Waals surface area contributed by atoms with E-state index < -0.39 is 21.7 Å². The van der Waals surface area contributed by atoms with E-state index in [0.717, 1.165) is 28.3 Å². The Morgan fingerprint density at radius 3 is 2.44 bits per heavy atom. The van der Waals surface area contributed by atoms with E-state index >= 15 is 0 Å². The molecule has 2 rings (SSSR count). The Kier molecular flexibility index (Phi) is 5.73. The average Bonchev–Trinajstić information content (AvgIpc) is 2.51. The number of rotatable bonds is 6. The molecule has 0 aliphatic carbocycles. The highest BCUT2D eigenvalue weighted by molar-refractivity contribution is 7.92. The molecule has 0 aliphatic heterocycles. The number of sulfonamides is 1. The maximum atomic E-state index is 13.9. The van der Waals surface area contributed by atoms with Crippen LogP contribution >= 0.6 is 0 Å². The van der Waals surface area contributed by atoms with Crippen molar-refractivity contribution in [3.63, 3.8) is 0 Å². The first kappa shape index (κ1) is 18.9. The quantitative estimate of drug-likeness (QED) is 0.852. The molecule has 1 amide bonds. The number of nitrogens with zero attached hydrogens (tertiary/aromatic N) is 1. The molecule has 0 heterocycles. The molecule has 0 saturated heterocycles. The molecule has 0 saturated carbocycles. The van der Waals surface area contributed by atoms with Crippen LogP contribution in [-0.2, 0) is 10.0 Å². The Bertz CT molecular complexity index is 885. The van der Waals surface area contributed by atoms with E-state index in [9.17, 15) is 22.0 Å². The molecular formula is C17H18F2N2O3S. The largest absolute Gasteiger partial charge is 0.350 e. The number of aryl methyl sites for hydroxylation is 1. The van der Waals surface area contributed by atoms with Gasteiger partial charge in [-0.2, -0.15) is 0 Å². The van der Waals surface area contributed by atoms with Crippen LogP contribution in [0.1, 0.15) is 15.9 Å². The summed E-state index contributed by atoms with van der Waals surface area (Å²) in [6.45, 7) is 1.57. The average molecular weight is 368 g/mol. The van der Waals surface area contributed by atoms with Crippen molar-refractivity contribution in [2.24, 2.45) is 0 Å². The summed E-state index contributed by atoms with van der Waals surface area (Å²) >= 11 is 0. The molecule has 0 radical (unpaired) electrons. The molecule has 0 spiro atoms. The van der Waals surface area contributed by atoms with Gasteiger partial charge >= 0.3 is 0 Å². The highest BCUT2D eigenvalue weighted by Gasteiger charge is 2.21. The minimum Gasteiger partial charge on any atom is -0.350 e. The van der Waals surface area contributed by atoms with Crippen molar-refractivity contribution in [3.05, 3.63) is 65.2 Å². The number of halogens is 2. The molecule has 0 unspecified atom stereocenters. The molecular weight excluding hydrogens is 350 g/mol. The highest BCUT2D eigenvalue weighted by Crippen LogP contribution is 2.22. The third kappa shape index (κ3) is 4.76. The standard InChI is InChI=1S/C17H18F2N2O3S/c1-12-5-3-4-6-14(12)17(22)20-9-10-21(25(2,23)24)16-8-7-13(18)11-15(16)19/h3-8,11H,9-10H2,1-2H3,(H,20,22). The molecule has 1 N–H and O–H groups in total. The molecule has 25 heavy (non-hydrogen) atoms. The van der Waals surface area contributed by atoms with Crippen LogP contribution in [0.25, 0.3) is 0 Å². The second-order valence-corrected chi connectivity index (χ2v) is 7.41. The molecule has 0 aliphatic rings. The van der Waals surface area contributed by atoms with Crippen molar-refractivity contribution in [2.45, 2.75) is 6.92 Å². The second-order valence-electron chi connectivity index (χ2n) is 5.50. The van der Waals surface area contributed by atoms with Crippen LogP contribution in [0.4, 0.5) is 14.5 Å². The fourth-order valence-electron chi connectivity index (χ4n) is 2.34. The zero-order valence-corrected chi connectivity index (χ0v) is 14.6. The lowest BCUT2D eigenvalue weighted by Gasteiger charge is -2.23. The summed E-state index contributed by atoms with van der Waals surface area (Å²) in [7, 11) is -3.80. The van der Waals surface area contributed by atoms with E-state index in [1.807, 2.05) is 0 Å². The molecule has 5 nitrogen and oxygen atoms in total. The zero-order valence-electron chi connectivity index (χ0n) is 13.8. The van der Waals surface area contributed by atoms with Gasteiger partial charge in [-0.05, 0) is 30.7 Å². The lowest BCUT2D eigenvalue weighted by Crippen LogP contribution is -2.38. The summed E-state index contributed by atoms with van der Waals surface area (Å²) < 4.78 is 51.6. The topological polar surface area (TPSA) is 66.5 Å². The van der Waals surface area contributed by atoms with Crippen molar-refractivity contribution in [2.75, 3.05) is 23.7 Å². The van der Waals surface area contributed by atoms with E-state index in [0.29, 0.717) is 11.6 Å². The number of anilines is 1. The summed E-state index contributed by atoms with van der Waals surface area (Å²) in [6, 6.07) is 9.59. The molecule has 0 fully saturated rings. The Hall–Kier alpha value is -2.48. The molecule has 0 bridgehead atoms. The number of benzene rings is 2. The first-order valence-electron chi connectivity index (χ1n) is 7.47.